The van der Waals surface area contributed by atoms with Crippen molar-refractivity contribution in [1.29, 1.82) is 0 Å². The molecule has 1 heterocycles. The summed E-state index contributed by atoms with van der Waals surface area (Å²) in [6.07, 6.45) is 2.28. The quantitative estimate of drug-likeness (QED) is 0.878. The van der Waals surface area contributed by atoms with Crippen LogP contribution >= 0.6 is 11.8 Å². The van der Waals surface area contributed by atoms with Crippen molar-refractivity contribution >= 4 is 17.7 Å². The number of amides is 1. The Bertz CT molecular complexity index is 450. The highest BCUT2D eigenvalue weighted by atomic mass is 32.2. The number of benzene rings is 1. The molecule has 1 saturated heterocycles. The van der Waals surface area contributed by atoms with Crippen LogP contribution in [0, 0.1) is 19.8 Å². The van der Waals surface area contributed by atoms with Gasteiger partial charge in [0, 0.05) is 18.9 Å². The maximum absolute atomic E-state index is 11.8. The lowest BCUT2D eigenvalue weighted by Crippen LogP contribution is -2.34. The van der Waals surface area contributed by atoms with Crippen molar-refractivity contribution in [3.63, 3.8) is 0 Å². The van der Waals surface area contributed by atoms with Crippen molar-refractivity contribution in [2.75, 3.05) is 25.5 Å². The van der Waals surface area contributed by atoms with Gasteiger partial charge >= 0.3 is 0 Å². The van der Waals surface area contributed by atoms with Crippen LogP contribution in [0.25, 0.3) is 0 Å². The minimum Gasteiger partial charge on any atom is -0.381 e. The maximum atomic E-state index is 11.8. The Morgan fingerprint density at radius 1 is 1.33 bits per heavy atom. The van der Waals surface area contributed by atoms with Gasteiger partial charge in [0.1, 0.15) is 0 Å². The van der Waals surface area contributed by atoms with Crippen LogP contribution in [0.15, 0.2) is 18.2 Å². The van der Waals surface area contributed by atoms with Crippen LogP contribution in [-0.2, 0) is 15.3 Å². The van der Waals surface area contributed by atoms with Crippen LogP contribution < -0.4 is 5.32 Å². The molecule has 116 valence electrons. The first-order valence-corrected chi connectivity index (χ1v) is 8.78. The van der Waals surface area contributed by atoms with Crippen LogP contribution in [0.1, 0.15) is 29.5 Å². The van der Waals surface area contributed by atoms with Gasteiger partial charge in [-0.05, 0) is 38.2 Å². The molecule has 21 heavy (non-hydrogen) atoms. The second-order valence-corrected chi connectivity index (χ2v) is 6.86. The third-order valence-corrected chi connectivity index (χ3v) is 4.63. The molecule has 4 heteroatoms. The van der Waals surface area contributed by atoms with Crippen molar-refractivity contribution in [2.24, 2.45) is 5.92 Å². The van der Waals surface area contributed by atoms with E-state index in [9.17, 15) is 4.79 Å². The first kappa shape index (κ1) is 16.4. The molecule has 0 spiro atoms. The lowest BCUT2D eigenvalue weighted by atomic mass is 10.0. The van der Waals surface area contributed by atoms with Gasteiger partial charge in [0.05, 0.1) is 12.4 Å². The normalized spacial score (nSPS) is 18.5. The zero-order chi connectivity index (χ0) is 15.1. The van der Waals surface area contributed by atoms with E-state index in [2.05, 4.69) is 37.4 Å². The van der Waals surface area contributed by atoms with E-state index in [1.807, 2.05) is 0 Å². The summed E-state index contributed by atoms with van der Waals surface area (Å²) in [5.74, 6) is 2.05. The molecule has 1 unspecified atom stereocenters. The van der Waals surface area contributed by atoms with Gasteiger partial charge in [-0.3, -0.25) is 4.79 Å². The molecule has 1 atom stereocenters. The van der Waals surface area contributed by atoms with Gasteiger partial charge in [-0.25, -0.2) is 0 Å². The van der Waals surface area contributed by atoms with Gasteiger partial charge in [0.25, 0.3) is 0 Å². The Morgan fingerprint density at radius 3 is 2.76 bits per heavy atom. The maximum Gasteiger partial charge on any atom is 0.230 e. The minimum atomic E-state index is 0.134. The molecule has 1 aromatic rings. The van der Waals surface area contributed by atoms with Crippen LogP contribution in [0.4, 0.5) is 0 Å². The Balaban J connectivity index is 1.64. The molecule has 1 aromatic carbocycles. The van der Waals surface area contributed by atoms with E-state index in [0.717, 1.165) is 38.4 Å². The number of carbonyl (C=O) groups excluding carboxylic acids is 1. The zero-order valence-corrected chi connectivity index (χ0v) is 13.8. The molecular formula is C17H25NO2S. The molecule has 1 amide bonds. The average molecular weight is 307 g/mol. The average Bonchev–Trinajstić information content (AvgIpc) is 2.45. The molecule has 3 nitrogen and oxygen atoms in total. The topological polar surface area (TPSA) is 38.3 Å². The van der Waals surface area contributed by atoms with Crippen molar-refractivity contribution in [3.05, 3.63) is 34.9 Å². The highest BCUT2D eigenvalue weighted by molar-refractivity contribution is 7.99. The van der Waals surface area contributed by atoms with Gasteiger partial charge in [-0.15, -0.1) is 11.8 Å². The third kappa shape index (κ3) is 6.10. The van der Waals surface area contributed by atoms with Gasteiger partial charge < -0.3 is 10.1 Å². The van der Waals surface area contributed by atoms with Crippen molar-refractivity contribution in [2.45, 2.75) is 32.4 Å². The van der Waals surface area contributed by atoms with E-state index in [0.29, 0.717) is 11.7 Å². The molecule has 1 N–H and O–H groups in total. The number of ether oxygens (including phenoxy) is 1. The number of hydrogen-bond acceptors (Lipinski definition) is 3. The summed E-state index contributed by atoms with van der Waals surface area (Å²) in [4.78, 5) is 11.8. The van der Waals surface area contributed by atoms with E-state index in [1.165, 1.54) is 16.7 Å². The SMILES string of the molecule is Cc1cc(C)cc(CSCC(=O)NCC2CCCOC2)c1. The number of carbonyl (C=O) groups is 1. The Labute approximate surface area is 131 Å². The van der Waals surface area contributed by atoms with E-state index in [-0.39, 0.29) is 5.91 Å². The van der Waals surface area contributed by atoms with E-state index in [4.69, 9.17) is 4.74 Å². The van der Waals surface area contributed by atoms with Crippen molar-refractivity contribution in [3.8, 4) is 0 Å². The fourth-order valence-electron chi connectivity index (χ4n) is 2.69. The van der Waals surface area contributed by atoms with Gasteiger partial charge in [-0.1, -0.05) is 29.3 Å². The lowest BCUT2D eigenvalue weighted by molar-refractivity contribution is -0.118. The number of nitrogens with one attached hydrogen (secondary N) is 1. The predicted molar refractivity (Wildman–Crippen MR) is 88.6 cm³/mol. The summed E-state index contributed by atoms with van der Waals surface area (Å²) >= 11 is 1.68. The first-order chi connectivity index (χ1) is 10.1. The lowest BCUT2D eigenvalue weighted by Gasteiger charge is -2.22. The zero-order valence-electron chi connectivity index (χ0n) is 13.0. The van der Waals surface area contributed by atoms with E-state index < -0.39 is 0 Å². The highest BCUT2D eigenvalue weighted by Gasteiger charge is 2.14. The standard InChI is InChI=1S/C17H25NO2S/c1-13-6-14(2)8-16(7-13)11-21-12-17(19)18-9-15-4-3-5-20-10-15/h6-8,15H,3-5,9-12H2,1-2H3,(H,18,19). The first-order valence-electron chi connectivity index (χ1n) is 7.63. The van der Waals surface area contributed by atoms with Crippen molar-refractivity contribution < 1.29 is 9.53 Å². The molecule has 0 aromatic heterocycles. The minimum absolute atomic E-state index is 0.134. The summed E-state index contributed by atoms with van der Waals surface area (Å²) in [5.41, 5.74) is 3.87. The summed E-state index contributed by atoms with van der Waals surface area (Å²) < 4.78 is 5.42. The number of rotatable bonds is 6. The summed E-state index contributed by atoms with van der Waals surface area (Å²) in [6.45, 7) is 6.63. The molecule has 1 aliphatic rings. The summed E-state index contributed by atoms with van der Waals surface area (Å²) in [7, 11) is 0. The Morgan fingerprint density at radius 2 is 2.10 bits per heavy atom. The Hall–Kier alpha value is -1.00. The fourth-order valence-corrected chi connectivity index (χ4v) is 3.48. The van der Waals surface area contributed by atoms with Crippen LogP contribution in [0.2, 0.25) is 0 Å². The summed E-state index contributed by atoms with van der Waals surface area (Å²) in [6, 6.07) is 6.56. The molecule has 2 rings (SSSR count). The molecule has 0 radical (unpaired) electrons. The number of hydrogen-bond donors (Lipinski definition) is 1. The van der Waals surface area contributed by atoms with E-state index >= 15 is 0 Å². The van der Waals surface area contributed by atoms with Crippen molar-refractivity contribution in [1.82, 2.24) is 5.32 Å². The second kappa shape index (κ2) is 8.44. The highest BCUT2D eigenvalue weighted by Crippen LogP contribution is 2.16. The smallest absolute Gasteiger partial charge is 0.230 e. The van der Waals surface area contributed by atoms with Crippen LogP contribution in [0.3, 0.4) is 0 Å². The monoisotopic (exact) mass is 307 g/mol. The van der Waals surface area contributed by atoms with Gasteiger partial charge in [-0.2, -0.15) is 0 Å². The van der Waals surface area contributed by atoms with Crippen LogP contribution in [-0.4, -0.2) is 31.4 Å². The number of thioether (sulfide) groups is 1. The molecule has 0 saturated carbocycles. The largest absolute Gasteiger partial charge is 0.381 e. The molecule has 1 fully saturated rings. The Kier molecular flexibility index (Phi) is 6.58. The molecule has 1 aliphatic heterocycles. The molecule has 0 bridgehead atoms. The third-order valence-electron chi connectivity index (χ3n) is 3.63. The predicted octanol–water partition coefficient (Wildman–Crippen LogP) is 3.08. The second-order valence-electron chi connectivity index (χ2n) is 5.88. The van der Waals surface area contributed by atoms with Gasteiger partial charge in [0.2, 0.25) is 5.91 Å². The fraction of sp³-hybridized carbons (Fsp3) is 0.588. The molecule has 0 aliphatic carbocycles. The molecular weight excluding hydrogens is 282 g/mol. The van der Waals surface area contributed by atoms with E-state index in [1.54, 1.807) is 11.8 Å². The number of aryl methyl sites for hydroxylation is 2. The summed E-state index contributed by atoms with van der Waals surface area (Å²) in [5, 5.41) is 3.02. The van der Waals surface area contributed by atoms with Gasteiger partial charge in [0.15, 0.2) is 0 Å². The van der Waals surface area contributed by atoms with Crippen LogP contribution in [0.5, 0.6) is 0 Å².